The molecule has 1 saturated heterocycles. The van der Waals surface area contributed by atoms with Crippen molar-refractivity contribution in [3.63, 3.8) is 0 Å². The van der Waals surface area contributed by atoms with Crippen molar-refractivity contribution in [1.82, 2.24) is 0 Å². The molecule has 2 fully saturated rings. The van der Waals surface area contributed by atoms with Crippen LogP contribution in [0.15, 0.2) is 11.1 Å². The molecule has 20 heavy (non-hydrogen) atoms. The first-order valence-electron chi connectivity index (χ1n) is 6.90. The monoisotopic (exact) mass is 289 g/mol. The molecule has 6 heteroatoms. The standard InChI is InChI=1S/C14H18F3NO2/c15-14(16,17)5-1-2-12(10-18)11-3-6-13(7-4-11)19-8-9-20-13/h1-9H2. The van der Waals surface area contributed by atoms with E-state index in [9.17, 15) is 13.2 Å². The number of alkyl halides is 3. The molecule has 0 aromatic heterocycles. The highest BCUT2D eigenvalue weighted by atomic mass is 19.4. The van der Waals surface area contributed by atoms with E-state index in [0.717, 1.165) is 5.57 Å². The maximum absolute atomic E-state index is 12.1. The first-order chi connectivity index (χ1) is 9.44. The van der Waals surface area contributed by atoms with Crippen LogP contribution in [-0.4, -0.2) is 25.2 Å². The summed E-state index contributed by atoms with van der Waals surface area (Å²) < 4.78 is 47.5. The quantitative estimate of drug-likeness (QED) is 0.741. The summed E-state index contributed by atoms with van der Waals surface area (Å²) in [7, 11) is 0. The smallest absolute Gasteiger partial charge is 0.348 e. The number of nitriles is 1. The Bertz CT molecular complexity index is 405. The SMILES string of the molecule is N#CC(CCCC(F)(F)F)=C1CCC2(CC1)OCCO2. The molecule has 1 aliphatic heterocycles. The van der Waals surface area contributed by atoms with Crippen molar-refractivity contribution >= 4 is 0 Å². The van der Waals surface area contributed by atoms with Crippen LogP contribution in [0.25, 0.3) is 0 Å². The molecule has 112 valence electrons. The molecule has 2 rings (SSSR count). The van der Waals surface area contributed by atoms with Crippen LogP contribution in [0, 0.1) is 11.3 Å². The van der Waals surface area contributed by atoms with Crippen LogP contribution in [0.1, 0.15) is 44.9 Å². The second kappa shape index (κ2) is 6.15. The Labute approximate surface area is 116 Å². The lowest BCUT2D eigenvalue weighted by molar-refractivity contribution is -0.171. The average Bonchev–Trinajstić information content (AvgIpc) is 2.83. The molecular formula is C14H18F3NO2. The van der Waals surface area contributed by atoms with Gasteiger partial charge in [-0.05, 0) is 25.7 Å². The molecule has 0 aromatic rings. The van der Waals surface area contributed by atoms with Gasteiger partial charge in [0.2, 0.25) is 0 Å². The van der Waals surface area contributed by atoms with E-state index in [0.29, 0.717) is 44.5 Å². The molecule has 3 nitrogen and oxygen atoms in total. The van der Waals surface area contributed by atoms with Gasteiger partial charge in [-0.15, -0.1) is 0 Å². The number of rotatable bonds is 3. The molecule has 1 heterocycles. The summed E-state index contributed by atoms with van der Waals surface area (Å²) in [6.45, 7) is 1.19. The third-order valence-electron chi connectivity index (χ3n) is 3.88. The van der Waals surface area contributed by atoms with Gasteiger partial charge in [-0.25, -0.2) is 0 Å². The van der Waals surface area contributed by atoms with E-state index in [1.54, 1.807) is 0 Å². The van der Waals surface area contributed by atoms with Gasteiger partial charge in [0, 0.05) is 24.8 Å². The normalized spacial score (nSPS) is 22.0. The van der Waals surface area contributed by atoms with Crippen LogP contribution in [0.2, 0.25) is 0 Å². The fourth-order valence-corrected chi connectivity index (χ4v) is 2.80. The number of nitrogens with zero attached hydrogens (tertiary/aromatic N) is 1. The zero-order valence-corrected chi connectivity index (χ0v) is 11.3. The van der Waals surface area contributed by atoms with Gasteiger partial charge in [0.15, 0.2) is 5.79 Å². The number of hydrogen-bond acceptors (Lipinski definition) is 3. The Hall–Kier alpha value is -1.06. The topological polar surface area (TPSA) is 42.2 Å². The van der Waals surface area contributed by atoms with Crippen molar-refractivity contribution in [2.24, 2.45) is 0 Å². The minimum Gasteiger partial charge on any atom is -0.348 e. The van der Waals surface area contributed by atoms with Gasteiger partial charge in [0.1, 0.15) is 0 Å². The predicted molar refractivity (Wildman–Crippen MR) is 65.6 cm³/mol. The first kappa shape index (κ1) is 15.3. The molecule has 2 aliphatic rings. The van der Waals surface area contributed by atoms with Crippen molar-refractivity contribution in [2.45, 2.75) is 56.9 Å². The van der Waals surface area contributed by atoms with Gasteiger partial charge in [-0.3, -0.25) is 0 Å². The number of hydrogen-bond donors (Lipinski definition) is 0. The van der Waals surface area contributed by atoms with Crippen LogP contribution in [-0.2, 0) is 9.47 Å². The summed E-state index contributed by atoms with van der Waals surface area (Å²) in [5.74, 6) is -0.504. The molecule has 0 amide bonds. The number of ether oxygens (including phenoxy) is 2. The maximum atomic E-state index is 12.1. The summed E-state index contributed by atoms with van der Waals surface area (Å²) in [5, 5.41) is 9.11. The Morgan fingerprint density at radius 1 is 1.20 bits per heavy atom. The minimum absolute atomic E-state index is 0.0198. The highest BCUT2D eigenvalue weighted by molar-refractivity contribution is 5.29. The molecular weight excluding hydrogens is 271 g/mol. The summed E-state index contributed by atoms with van der Waals surface area (Å²) in [5.41, 5.74) is 1.49. The lowest BCUT2D eigenvalue weighted by atomic mass is 9.86. The lowest BCUT2D eigenvalue weighted by Crippen LogP contribution is -2.33. The van der Waals surface area contributed by atoms with Gasteiger partial charge >= 0.3 is 6.18 Å². The largest absolute Gasteiger partial charge is 0.389 e. The molecule has 1 saturated carbocycles. The van der Waals surface area contributed by atoms with Crippen molar-refractivity contribution in [3.8, 4) is 6.07 Å². The Morgan fingerprint density at radius 2 is 1.80 bits per heavy atom. The summed E-state index contributed by atoms with van der Waals surface area (Å²) in [4.78, 5) is 0. The zero-order valence-electron chi connectivity index (χ0n) is 11.3. The Kier molecular flexibility index (Phi) is 4.71. The second-order valence-corrected chi connectivity index (χ2v) is 5.27. The fraction of sp³-hybridized carbons (Fsp3) is 0.786. The molecule has 0 radical (unpaired) electrons. The van der Waals surface area contributed by atoms with E-state index in [4.69, 9.17) is 14.7 Å². The third-order valence-corrected chi connectivity index (χ3v) is 3.88. The fourth-order valence-electron chi connectivity index (χ4n) is 2.80. The van der Waals surface area contributed by atoms with Gasteiger partial charge < -0.3 is 9.47 Å². The molecule has 0 unspecified atom stereocenters. The van der Waals surface area contributed by atoms with Crippen LogP contribution in [0.4, 0.5) is 13.2 Å². The van der Waals surface area contributed by atoms with Crippen molar-refractivity contribution in [3.05, 3.63) is 11.1 Å². The molecule has 0 bridgehead atoms. The molecule has 0 atom stereocenters. The summed E-state index contributed by atoms with van der Waals surface area (Å²) >= 11 is 0. The highest BCUT2D eigenvalue weighted by Gasteiger charge is 2.39. The van der Waals surface area contributed by atoms with Crippen molar-refractivity contribution < 1.29 is 22.6 Å². The van der Waals surface area contributed by atoms with Gasteiger partial charge in [0.05, 0.1) is 19.3 Å². The third kappa shape index (κ3) is 3.97. The molecule has 0 N–H and O–H groups in total. The Balaban J connectivity index is 1.89. The summed E-state index contributed by atoms with van der Waals surface area (Å²) in [6, 6.07) is 2.07. The molecule has 1 spiro atoms. The Morgan fingerprint density at radius 3 is 2.30 bits per heavy atom. The van der Waals surface area contributed by atoms with E-state index in [1.165, 1.54) is 0 Å². The van der Waals surface area contributed by atoms with E-state index in [1.807, 2.05) is 0 Å². The van der Waals surface area contributed by atoms with E-state index < -0.39 is 18.4 Å². The van der Waals surface area contributed by atoms with Crippen LogP contribution in [0.3, 0.4) is 0 Å². The second-order valence-electron chi connectivity index (χ2n) is 5.27. The first-order valence-corrected chi connectivity index (χ1v) is 6.90. The summed E-state index contributed by atoms with van der Waals surface area (Å²) in [6.07, 6.45) is -2.06. The van der Waals surface area contributed by atoms with E-state index >= 15 is 0 Å². The van der Waals surface area contributed by atoms with Gasteiger partial charge in [0.25, 0.3) is 0 Å². The lowest BCUT2D eigenvalue weighted by Gasteiger charge is -2.33. The van der Waals surface area contributed by atoms with Gasteiger partial charge in [-0.2, -0.15) is 18.4 Å². The van der Waals surface area contributed by atoms with Crippen LogP contribution < -0.4 is 0 Å². The highest BCUT2D eigenvalue weighted by Crippen LogP contribution is 2.39. The molecule has 0 aromatic carbocycles. The zero-order chi connectivity index (χ0) is 14.6. The van der Waals surface area contributed by atoms with Crippen molar-refractivity contribution in [1.29, 1.82) is 5.26 Å². The number of allylic oxidation sites excluding steroid dienone is 2. The molecule has 1 aliphatic carbocycles. The van der Waals surface area contributed by atoms with Crippen LogP contribution >= 0.6 is 0 Å². The van der Waals surface area contributed by atoms with E-state index in [-0.39, 0.29) is 12.8 Å². The number of halogens is 3. The minimum atomic E-state index is -4.15. The van der Waals surface area contributed by atoms with Crippen molar-refractivity contribution in [2.75, 3.05) is 13.2 Å². The van der Waals surface area contributed by atoms with E-state index in [2.05, 4.69) is 6.07 Å². The predicted octanol–water partition coefficient (Wildman–Crippen LogP) is 3.86. The van der Waals surface area contributed by atoms with Crippen LogP contribution in [0.5, 0.6) is 0 Å². The average molecular weight is 289 g/mol. The van der Waals surface area contributed by atoms with Gasteiger partial charge in [-0.1, -0.05) is 5.57 Å². The maximum Gasteiger partial charge on any atom is 0.389 e.